The van der Waals surface area contributed by atoms with Crippen LogP contribution in [-0.2, 0) is 0 Å². The monoisotopic (exact) mass is 230 g/mol. The molecule has 12 heavy (non-hydrogen) atoms. The van der Waals surface area contributed by atoms with Crippen LogP contribution in [0.15, 0.2) is 16.9 Å². The number of hydrogen-bond donors (Lipinski definition) is 1. The summed E-state index contributed by atoms with van der Waals surface area (Å²) in [6.45, 7) is 3.00. The van der Waals surface area contributed by atoms with Gasteiger partial charge < -0.3 is 10.5 Å². The summed E-state index contributed by atoms with van der Waals surface area (Å²) in [7, 11) is 0. The Morgan fingerprint density at radius 1 is 1.67 bits per heavy atom. The third-order valence-electron chi connectivity index (χ3n) is 1.42. The topological polar surface area (TPSA) is 48.1 Å². The van der Waals surface area contributed by atoms with E-state index in [1.165, 1.54) is 0 Å². The number of nitrogens with zero attached hydrogens (tertiary/aromatic N) is 1. The molecule has 0 aliphatic heterocycles. The highest BCUT2D eigenvalue weighted by molar-refractivity contribution is 9.10. The van der Waals surface area contributed by atoms with Gasteiger partial charge in [0.2, 0.25) is 0 Å². The fourth-order valence-electron chi connectivity index (χ4n) is 0.846. The van der Waals surface area contributed by atoms with Crippen LogP contribution in [0.5, 0.6) is 5.75 Å². The van der Waals surface area contributed by atoms with E-state index in [2.05, 4.69) is 20.9 Å². The first-order chi connectivity index (χ1) is 5.75. The maximum atomic E-state index is 5.38. The average Bonchev–Trinajstić information content (AvgIpc) is 2.04. The quantitative estimate of drug-likeness (QED) is 0.801. The van der Waals surface area contributed by atoms with Crippen LogP contribution >= 0.6 is 15.9 Å². The van der Waals surface area contributed by atoms with E-state index in [4.69, 9.17) is 10.5 Å². The van der Waals surface area contributed by atoms with E-state index >= 15 is 0 Å². The Hall–Kier alpha value is -0.610. The molecule has 0 radical (unpaired) electrons. The maximum absolute atomic E-state index is 5.38. The molecular weight excluding hydrogens is 220 g/mol. The highest BCUT2D eigenvalue weighted by atomic mass is 79.9. The van der Waals surface area contributed by atoms with Gasteiger partial charge in [-0.15, -0.1) is 0 Å². The molecule has 0 spiro atoms. The summed E-state index contributed by atoms with van der Waals surface area (Å²) in [4.78, 5) is 4.04. The van der Waals surface area contributed by atoms with Gasteiger partial charge in [-0.2, -0.15) is 0 Å². The number of aromatic nitrogens is 1. The molecule has 0 amide bonds. The van der Waals surface area contributed by atoms with Gasteiger partial charge in [0.1, 0.15) is 11.2 Å². The second-order valence-corrected chi connectivity index (χ2v) is 3.14. The van der Waals surface area contributed by atoms with Crippen molar-refractivity contribution >= 4 is 15.9 Å². The lowest BCUT2D eigenvalue weighted by atomic mass is 10.3. The highest BCUT2D eigenvalue weighted by Crippen LogP contribution is 2.25. The molecule has 1 heterocycles. The molecule has 0 aliphatic rings. The molecule has 2 N–H and O–H groups in total. The number of ether oxygens (including phenoxy) is 1. The molecule has 0 aliphatic carbocycles. The van der Waals surface area contributed by atoms with E-state index in [1.54, 1.807) is 6.20 Å². The second-order valence-electron chi connectivity index (χ2n) is 2.38. The Morgan fingerprint density at radius 2 is 2.42 bits per heavy atom. The zero-order chi connectivity index (χ0) is 8.97. The summed E-state index contributed by atoms with van der Waals surface area (Å²) in [6, 6.07) is 1.90. The SMILES string of the molecule is Cc1ccnc(Br)c1OCCN. The van der Waals surface area contributed by atoms with Gasteiger partial charge in [0, 0.05) is 12.7 Å². The third kappa shape index (κ3) is 2.19. The van der Waals surface area contributed by atoms with E-state index in [1.807, 2.05) is 13.0 Å². The van der Waals surface area contributed by atoms with Crippen molar-refractivity contribution in [1.82, 2.24) is 4.98 Å². The molecule has 1 aromatic rings. The lowest BCUT2D eigenvalue weighted by Gasteiger charge is -2.08. The lowest BCUT2D eigenvalue weighted by molar-refractivity contribution is 0.322. The summed E-state index contributed by atoms with van der Waals surface area (Å²) >= 11 is 3.30. The molecule has 1 aromatic heterocycles. The van der Waals surface area contributed by atoms with Crippen LogP contribution in [0.2, 0.25) is 0 Å². The Kier molecular flexibility index (Phi) is 3.49. The van der Waals surface area contributed by atoms with Crippen LogP contribution < -0.4 is 10.5 Å². The van der Waals surface area contributed by atoms with Gasteiger partial charge >= 0.3 is 0 Å². The molecule has 0 atom stereocenters. The summed E-state index contributed by atoms with van der Waals surface area (Å²) in [5.41, 5.74) is 6.38. The Balaban J connectivity index is 2.81. The number of nitrogens with two attached hydrogens (primary N) is 1. The molecule has 66 valence electrons. The fraction of sp³-hybridized carbons (Fsp3) is 0.375. The van der Waals surface area contributed by atoms with Crippen LogP contribution in [0, 0.1) is 6.92 Å². The third-order valence-corrected chi connectivity index (χ3v) is 1.99. The standard InChI is InChI=1S/C8H11BrN2O/c1-6-2-4-11-8(9)7(6)12-5-3-10/h2,4H,3,5,10H2,1H3. The fourth-order valence-corrected chi connectivity index (χ4v) is 1.39. The first-order valence-corrected chi connectivity index (χ1v) is 4.49. The first kappa shape index (κ1) is 9.48. The van der Waals surface area contributed by atoms with Crippen molar-refractivity contribution in [2.75, 3.05) is 13.2 Å². The van der Waals surface area contributed by atoms with Crippen molar-refractivity contribution in [1.29, 1.82) is 0 Å². The molecule has 4 heteroatoms. The predicted octanol–water partition coefficient (Wildman–Crippen LogP) is 1.49. The minimum atomic E-state index is 0.515. The summed E-state index contributed by atoms with van der Waals surface area (Å²) in [5, 5.41) is 0. The molecule has 0 fully saturated rings. The van der Waals surface area contributed by atoms with Gasteiger partial charge in [-0.25, -0.2) is 4.98 Å². The van der Waals surface area contributed by atoms with E-state index in [-0.39, 0.29) is 0 Å². The summed E-state index contributed by atoms with van der Waals surface area (Å²) in [5.74, 6) is 0.781. The van der Waals surface area contributed by atoms with E-state index in [9.17, 15) is 0 Å². The van der Waals surface area contributed by atoms with Crippen LogP contribution in [0.3, 0.4) is 0 Å². The van der Waals surface area contributed by atoms with Gasteiger partial charge in [-0.05, 0) is 34.5 Å². The van der Waals surface area contributed by atoms with E-state index in [0.717, 1.165) is 15.9 Å². The second kappa shape index (κ2) is 4.42. The van der Waals surface area contributed by atoms with Crippen molar-refractivity contribution in [3.63, 3.8) is 0 Å². The zero-order valence-corrected chi connectivity index (χ0v) is 8.47. The molecule has 0 unspecified atom stereocenters. The van der Waals surface area contributed by atoms with Crippen molar-refractivity contribution in [3.05, 3.63) is 22.4 Å². The lowest BCUT2D eigenvalue weighted by Crippen LogP contribution is -2.11. The van der Waals surface area contributed by atoms with Crippen LogP contribution in [0.1, 0.15) is 5.56 Å². The first-order valence-electron chi connectivity index (χ1n) is 3.69. The van der Waals surface area contributed by atoms with Crippen molar-refractivity contribution in [2.45, 2.75) is 6.92 Å². The average molecular weight is 231 g/mol. The molecule has 0 aromatic carbocycles. The van der Waals surface area contributed by atoms with Crippen LogP contribution in [-0.4, -0.2) is 18.1 Å². The molecule has 0 bridgehead atoms. The number of hydrogen-bond acceptors (Lipinski definition) is 3. The normalized spacial score (nSPS) is 9.92. The molecular formula is C8H11BrN2O. The van der Waals surface area contributed by atoms with Crippen LogP contribution in [0.4, 0.5) is 0 Å². The van der Waals surface area contributed by atoms with Gasteiger partial charge in [0.25, 0.3) is 0 Å². The number of aryl methyl sites for hydroxylation is 1. The Labute approximate surface area is 80.1 Å². The number of rotatable bonds is 3. The maximum Gasteiger partial charge on any atom is 0.155 e. The highest BCUT2D eigenvalue weighted by Gasteiger charge is 2.04. The predicted molar refractivity (Wildman–Crippen MR) is 51.2 cm³/mol. The van der Waals surface area contributed by atoms with Gasteiger partial charge in [-0.1, -0.05) is 0 Å². The smallest absolute Gasteiger partial charge is 0.155 e. The van der Waals surface area contributed by atoms with E-state index in [0.29, 0.717) is 13.2 Å². The largest absolute Gasteiger partial charge is 0.489 e. The zero-order valence-electron chi connectivity index (χ0n) is 6.88. The number of pyridine rings is 1. The minimum absolute atomic E-state index is 0.515. The molecule has 0 saturated carbocycles. The summed E-state index contributed by atoms with van der Waals surface area (Å²) in [6.07, 6.45) is 1.73. The van der Waals surface area contributed by atoms with Gasteiger partial charge in [0.15, 0.2) is 5.75 Å². The van der Waals surface area contributed by atoms with Gasteiger partial charge in [0.05, 0.1) is 0 Å². The van der Waals surface area contributed by atoms with Crippen molar-refractivity contribution in [3.8, 4) is 5.75 Å². The van der Waals surface area contributed by atoms with Crippen molar-refractivity contribution in [2.24, 2.45) is 5.73 Å². The van der Waals surface area contributed by atoms with Crippen LogP contribution in [0.25, 0.3) is 0 Å². The summed E-state index contributed by atoms with van der Waals surface area (Å²) < 4.78 is 6.11. The Bertz CT molecular complexity index is 245. The number of halogens is 1. The molecule has 1 rings (SSSR count). The Morgan fingerprint density at radius 3 is 3.00 bits per heavy atom. The minimum Gasteiger partial charge on any atom is -0.489 e. The molecule has 3 nitrogen and oxygen atoms in total. The van der Waals surface area contributed by atoms with Crippen molar-refractivity contribution < 1.29 is 4.74 Å². The molecule has 0 saturated heterocycles. The van der Waals surface area contributed by atoms with E-state index < -0.39 is 0 Å². The van der Waals surface area contributed by atoms with Gasteiger partial charge in [-0.3, -0.25) is 0 Å².